The summed E-state index contributed by atoms with van der Waals surface area (Å²) in [6, 6.07) is 4.74. The predicted octanol–water partition coefficient (Wildman–Crippen LogP) is 1.86. The van der Waals surface area contributed by atoms with Crippen LogP contribution in [0.3, 0.4) is 0 Å². The number of amidine groups is 1. The van der Waals surface area contributed by atoms with Crippen LogP contribution in [0, 0.1) is 45.3 Å². The first kappa shape index (κ1) is 13.7. The van der Waals surface area contributed by atoms with Gasteiger partial charge in [0.2, 0.25) is 5.06 Å². The average Bonchev–Trinajstić information content (AvgIpc) is 2.72. The van der Waals surface area contributed by atoms with Crippen molar-refractivity contribution in [3.05, 3.63) is 0 Å². The zero-order valence-corrected chi connectivity index (χ0v) is 12.5. The fraction of sp³-hybridized carbons (Fsp3) is 0.786. The lowest BCUT2D eigenvalue weighted by Crippen LogP contribution is -2.35. The smallest absolute Gasteiger partial charge is 0.230 e. The third kappa shape index (κ3) is 1.13. The molecule has 3 rings (SSSR count). The first-order valence-corrected chi connectivity index (χ1v) is 8.05. The average molecular weight is 290 g/mol. The highest BCUT2D eigenvalue weighted by molar-refractivity contribution is 8.00. The molecule has 2 heterocycles. The van der Waals surface area contributed by atoms with Crippen molar-refractivity contribution < 1.29 is 4.74 Å². The third-order valence-corrected chi connectivity index (χ3v) is 6.49. The molecule has 5 nitrogen and oxygen atoms in total. The number of aliphatic imine (C=N–C) groups is 1. The highest BCUT2D eigenvalue weighted by Crippen LogP contribution is 2.82. The minimum atomic E-state index is -0.950. The monoisotopic (exact) mass is 290 g/mol. The summed E-state index contributed by atoms with van der Waals surface area (Å²) in [4.78, 5) is 4.43. The molecule has 0 aromatic rings. The number of hydrogen-bond acceptors (Lipinski definition) is 6. The summed E-state index contributed by atoms with van der Waals surface area (Å²) >= 11 is 1.52. The maximum atomic E-state index is 9.89. The van der Waals surface area contributed by atoms with Gasteiger partial charge in [-0.2, -0.15) is 10.5 Å². The standard InChI is InChI=1S/C14H18N4OS/c1-3-9(4-2)10-12(7-15)11(17)18-14(13(10,12)8-16)19-5-6-20-14/h9-10H,3-6H2,1-2H3,(H2,17,18)/t10-,12-,13-,14-/m1/s1. The van der Waals surface area contributed by atoms with Gasteiger partial charge in [0, 0.05) is 11.7 Å². The lowest BCUT2D eigenvalue weighted by molar-refractivity contribution is 0.0133. The molecular weight excluding hydrogens is 272 g/mol. The second-order valence-electron chi connectivity index (χ2n) is 5.67. The predicted molar refractivity (Wildman–Crippen MR) is 76.4 cm³/mol. The Balaban J connectivity index is 2.16. The summed E-state index contributed by atoms with van der Waals surface area (Å²) in [5, 5.41) is 18.7. The third-order valence-electron chi connectivity index (χ3n) is 5.19. The molecule has 0 unspecified atom stereocenters. The van der Waals surface area contributed by atoms with Gasteiger partial charge < -0.3 is 10.5 Å². The Labute approximate surface area is 123 Å². The lowest BCUT2D eigenvalue weighted by atomic mass is 9.89. The zero-order valence-electron chi connectivity index (χ0n) is 11.7. The van der Waals surface area contributed by atoms with E-state index in [-0.39, 0.29) is 5.92 Å². The molecule has 2 N–H and O–H groups in total. The molecule has 0 amide bonds. The fourth-order valence-electron chi connectivity index (χ4n) is 4.25. The van der Waals surface area contributed by atoms with Gasteiger partial charge in [0.15, 0.2) is 0 Å². The van der Waals surface area contributed by atoms with Crippen LogP contribution in [0.15, 0.2) is 4.99 Å². The van der Waals surface area contributed by atoms with E-state index in [1.54, 1.807) is 0 Å². The van der Waals surface area contributed by atoms with Crippen molar-refractivity contribution in [1.29, 1.82) is 10.5 Å². The number of rotatable bonds is 3. The maximum Gasteiger partial charge on any atom is 0.230 e. The van der Waals surface area contributed by atoms with Crippen LogP contribution in [0.1, 0.15) is 26.7 Å². The van der Waals surface area contributed by atoms with E-state index < -0.39 is 15.9 Å². The Morgan fingerprint density at radius 2 is 2.15 bits per heavy atom. The Morgan fingerprint density at radius 3 is 2.60 bits per heavy atom. The van der Waals surface area contributed by atoms with Crippen LogP contribution in [0.5, 0.6) is 0 Å². The largest absolute Gasteiger partial charge is 0.386 e. The van der Waals surface area contributed by atoms with Crippen LogP contribution in [-0.2, 0) is 4.74 Å². The molecule has 0 aromatic carbocycles. The molecular formula is C14H18N4OS. The number of fused-ring (bicyclic) bond motifs is 2. The van der Waals surface area contributed by atoms with Gasteiger partial charge in [-0.15, -0.1) is 0 Å². The Bertz CT molecular complexity index is 553. The van der Waals surface area contributed by atoms with E-state index in [0.717, 1.165) is 18.6 Å². The van der Waals surface area contributed by atoms with Gasteiger partial charge in [-0.25, -0.2) is 4.99 Å². The zero-order chi connectivity index (χ0) is 14.6. The number of nitrogens with two attached hydrogens (primary N) is 1. The number of ether oxygens (including phenoxy) is 1. The van der Waals surface area contributed by atoms with Crippen LogP contribution < -0.4 is 5.73 Å². The first-order chi connectivity index (χ1) is 9.60. The highest BCUT2D eigenvalue weighted by Gasteiger charge is 2.93. The van der Waals surface area contributed by atoms with Crippen molar-refractivity contribution in [3.63, 3.8) is 0 Å². The van der Waals surface area contributed by atoms with Crippen LogP contribution in [0.25, 0.3) is 0 Å². The summed E-state index contributed by atoms with van der Waals surface area (Å²) in [6.07, 6.45) is 1.87. The molecule has 106 valence electrons. The Hall–Kier alpha value is -1.24. The second kappa shape index (κ2) is 4.13. The molecule has 2 fully saturated rings. The van der Waals surface area contributed by atoms with E-state index in [9.17, 15) is 10.5 Å². The van der Waals surface area contributed by atoms with E-state index in [0.29, 0.717) is 18.4 Å². The molecule has 3 aliphatic rings. The highest BCUT2D eigenvalue weighted by atomic mass is 32.2. The molecule has 0 radical (unpaired) electrons. The summed E-state index contributed by atoms with van der Waals surface area (Å²) in [6.45, 7) is 4.75. The van der Waals surface area contributed by atoms with Gasteiger partial charge in [0.1, 0.15) is 16.7 Å². The van der Waals surface area contributed by atoms with E-state index in [2.05, 4.69) is 31.0 Å². The number of hydrogen-bond donors (Lipinski definition) is 1. The summed E-state index contributed by atoms with van der Waals surface area (Å²) < 4.78 is 5.84. The summed E-state index contributed by atoms with van der Waals surface area (Å²) in [5.41, 5.74) is 4.25. The van der Waals surface area contributed by atoms with Gasteiger partial charge >= 0.3 is 0 Å². The van der Waals surface area contributed by atoms with Gasteiger partial charge in [-0.1, -0.05) is 38.5 Å². The molecule has 1 saturated heterocycles. The minimum absolute atomic E-state index is 0.0666. The number of thioether (sulfide) groups is 1. The molecule has 1 spiro atoms. The SMILES string of the molecule is CCC(CC)[C@H]1[C@@]2(C#N)[C@@]3(N=C(N)[C@@]12C#N)OCCS3. The van der Waals surface area contributed by atoms with E-state index >= 15 is 0 Å². The van der Waals surface area contributed by atoms with Gasteiger partial charge in [0.05, 0.1) is 18.7 Å². The van der Waals surface area contributed by atoms with Crippen molar-refractivity contribution in [3.8, 4) is 12.1 Å². The molecule has 6 heteroatoms. The van der Waals surface area contributed by atoms with E-state index in [1.807, 2.05) is 0 Å². The molecule has 0 bridgehead atoms. The topological polar surface area (TPSA) is 95.2 Å². The van der Waals surface area contributed by atoms with Crippen molar-refractivity contribution in [2.75, 3.05) is 12.4 Å². The second-order valence-corrected chi connectivity index (χ2v) is 6.92. The quantitative estimate of drug-likeness (QED) is 0.856. The fourth-order valence-corrected chi connectivity index (χ4v) is 5.58. The van der Waals surface area contributed by atoms with Crippen LogP contribution >= 0.6 is 11.8 Å². The minimum Gasteiger partial charge on any atom is -0.386 e. The molecule has 4 atom stereocenters. The lowest BCUT2D eigenvalue weighted by Gasteiger charge is -2.28. The van der Waals surface area contributed by atoms with Crippen LogP contribution in [0.4, 0.5) is 0 Å². The molecule has 1 aliphatic carbocycles. The number of nitrogens with zero attached hydrogens (tertiary/aromatic N) is 3. The van der Waals surface area contributed by atoms with Crippen LogP contribution in [-0.4, -0.2) is 23.3 Å². The number of nitriles is 2. The van der Waals surface area contributed by atoms with E-state index in [4.69, 9.17) is 10.5 Å². The van der Waals surface area contributed by atoms with Crippen LogP contribution in [0.2, 0.25) is 0 Å². The van der Waals surface area contributed by atoms with Gasteiger partial charge in [-0.05, 0) is 5.92 Å². The molecule has 20 heavy (non-hydrogen) atoms. The molecule has 0 aromatic heterocycles. The van der Waals surface area contributed by atoms with E-state index in [1.165, 1.54) is 11.8 Å². The van der Waals surface area contributed by atoms with Crippen molar-refractivity contribution in [2.45, 2.75) is 31.7 Å². The van der Waals surface area contributed by atoms with Crippen molar-refractivity contribution in [2.24, 2.45) is 33.4 Å². The van der Waals surface area contributed by atoms with Crippen molar-refractivity contribution >= 4 is 17.6 Å². The first-order valence-electron chi connectivity index (χ1n) is 7.06. The molecule has 2 aliphatic heterocycles. The van der Waals surface area contributed by atoms with Gasteiger partial charge in [0.25, 0.3) is 0 Å². The normalized spacial score (nSPS) is 45.0. The maximum absolute atomic E-state index is 9.89. The Morgan fingerprint density at radius 1 is 1.45 bits per heavy atom. The summed E-state index contributed by atoms with van der Waals surface area (Å²) in [7, 11) is 0. The molecule has 1 saturated carbocycles. The Kier molecular flexibility index (Phi) is 2.83. The van der Waals surface area contributed by atoms with Crippen molar-refractivity contribution in [1.82, 2.24) is 0 Å². The van der Waals surface area contributed by atoms with Gasteiger partial charge in [-0.3, -0.25) is 0 Å². The summed E-state index contributed by atoms with van der Waals surface area (Å²) in [5.74, 6) is 1.32.